The fourth-order valence-corrected chi connectivity index (χ4v) is 2.85. The van der Waals surface area contributed by atoms with E-state index in [1.807, 2.05) is 6.07 Å². The molecule has 0 saturated heterocycles. The summed E-state index contributed by atoms with van der Waals surface area (Å²) in [6.45, 7) is 0. The number of rotatable bonds is 4. The van der Waals surface area contributed by atoms with Crippen molar-refractivity contribution in [2.45, 2.75) is 12.5 Å². The molecule has 2 aromatic rings. The third-order valence-corrected chi connectivity index (χ3v) is 4.30. The Balaban J connectivity index is 2.37. The van der Waals surface area contributed by atoms with Crippen molar-refractivity contribution in [3.63, 3.8) is 0 Å². The minimum absolute atomic E-state index is 0.0382. The van der Waals surface area contributed by atoms with Gasteiger partial charge in [0.25, 0.3) is 0 Å². The van der Waals surface area contributed by atoms with E-state index >= 15 is 0 Å². The van der Waals surface area contributed by atoms with Crippen LogP contribution in [0, 0.1) is 11.6 Å². The molecule has 1 heterocycles. The van der Waals surface area contributed by atoms with Crippen molar-refractivity contribution in [2.24, 2.45) is 0 Å². The van der Waals surface area contributed by atoms with Crippen molar-refractivity contribution in [1.82, 2.24) is 10.3 Å². The van der Waals surface area contributed by atoms with Gasteiger partial charge in [0.1, 0.15) is 11.6 Å². The molecule has 0 aliphatic rings. The Morgan fingerprint density at radius 1 is 1.20 bits per heavy atom. The fraction of sp³-hybridized carbons (Fsp3) is 0.214. The molecule has 6 heteroatoms. The molecule has 0 radical (unpaired) electrons. The molecule has 1 unspecified atom stereocenters. The summed E-state index contributed by atoms with van der Waals surface area (Å²) in [6.07, 6.45) is 1.82. The molecule has 0 saturated carbocycles. The maximum Gasteiger partial charge on any atom is 0.143 e. The fourth-order valence-electron chi connectivity index (χ4n) is 1.95. The number of benzene rings is 1. The highest BCUT2D eigenvalue weighted by atomic mass is 79.9. The van der Waals surface area contributed by atoms with E-state index < -0.39 is 11.6 Å². The first kappa shape index (κ1) is 15.5. The molecular weight excluding hydrogens is 394 g/mol. The largest absolute Gasteiger partial charge is 0.311 e. The van der Waals surface area contributed by atoms with E-state index in [-0.39, 0.29) is 22.5 Å². The normalized spacial score (nSPS) is 12.4. The van der Waals surface area contributed by atoms with Crippen molar-refractivity contribution in [3.8, 4) is 0 Å². The second kappa shape index (κ2) is 6.74. The number of halogens is 4. The third kappa shape index (κ3) is 3.24. The highest BCUT2D eigenvalue weighted by Gasteiger charge is 2.20. The first-order chi connectivity index (χ1) is 9.54. The molecule has 2 rings (SSSR count). The van der Waals surface area contributed by atoms with E-state index in [2.05, 4.69) is 42.2 Å². The van der Waals surface area contributed by atoms with E-state index in [0.717, 1.165) is 4.47 Å². The van der Waals surface area contributed by atoms with Crippen LogP contribution in [-0.4, -0.2) is 12.0 Å². The lowest BCUT2D eigenvalue weighted by Gasteiger charge is -2.18. The molecule has 1 aromatic carbocycles. The van der Waals surface area contributed by atoms with Crippen LogP contribution in [0.4, 0.5) is 8.78 Å². The van der Waals surface area contributed by atoms with Gasteiger partial charge in [-0.05, 0) is 69.6 Å². The maximum absolute atomic E-state index is 14.0. The van der Waals surface area contributed by atoms with Crippen molar-refractivity contribution < 1.29 is 8.78 Å². The number of pyridine rings is 1. The Morgan fingerprint density at radius 3 is 2.60 bits per heavy atom. The first-order valence-electron chi connectivity index (χ1n) is 5.94. The van der Waals surface area contributed by atoms with Crippen LogP contribution in [0.1, 0.15) is 17.3 Å². The van der Waals surface area contributed by atoms with Gasteiger partial charge in [0.2, 0.25) is 0 Å². The number of hydrogen-bond acceptors (Lipinski definition) is 2. The number of nitrogens with one attached hydrogen (secondary N) is 1. The van der Waals surface area contributed by atoms with Crippen LogP contribution in [0.15, 0.2) is 39.4 Å². The van der Waals surface area contributed by atoms with Gasteiger partial charge in [-0.25, -0.2) is 8.78 Å². The van der Waals surface area contributed by atoms with Crippen LogP contribution >= 0.6 is 31.9 Å². The molecule has 0 amide bonds. The SMILES string of the molecule is CNC(Cc1c(F)ccc(Br)c1F)c1ncccc1Br. The summed E-state index contributed by atoms with van der Waals surface area (Å²) < 4.78 is 28.9. The molecular formula is C14H12Br2F2N2. The van der Waals surface area contributed by atoms with Crippen molar-refractivity contribution in [2.75, 3.05) is 7.05 Å². The Labute approximate surface area is 132 Å². The lowest BCUT2D eigenvalue weighted by atomic mass is 10.0. The van der Waals surface area contributed by atoms with Crippen LogP contribution in [0.5, 0.6) is 0 Å². The average molecular weight is 406 g/mol. The van der Waals surface area contributed by atoms with E-state index in [4.69, 9.17) is 0 Å². The molecule has 2 nitrogen and oxygen atoms in total. The van der Waals surface area contributed by atoms with Crippen molar-refractivity contribution in [1.29, 1.82) is 0 Å². The van der Waals surface area contributed by atoms with E-state index in [1.54, 1.807) is 19.3 Å². The lowest BCUT2D eigenvalue weighted by molar-refractivity contribution is 0.506. The summed E-state index contributed by atoms with van der Waals surface area (Å²) >= 11 is 6.48. The molecule has 0 bridgehead atoms. The zero-order chi connectivity index (χ0) is 14.7. The minimum Gasteiger partial charge on any atom is -0.311 e. The molecule has 0 aliphatic heterocycles. The predicted molar refractivity (Wildman–Crippen MR) is 81.5 cm³/mol. The third-order valence-electron chi connectivity index (χ3n) is 3.01. The van der Waals surface area contributed by atoms with E-state index in [0.29, 0.717) is 5.69 Å². The first-order valence-corrected chi connectivity index (χ1v) is 7.53. The Hall–Kier alpha value is -0.850. The molecule has 0 spiro atoms. The van der Waals surface area contributed by atoms with Gasteiger partial charge in [0, 0.05) is 16.2 Å². The highest BCUT2D eigenvalue weighted by Crippen LogP contribution is 2.28. The van der Waals surface area contributed by atoms with Gasteiger partial charge in [0.15, 0.2) is 0 Å². The molecule has 1 N–H and O–H groups in total. The Kier molecular flexibility index (Phi) is 5.23. The van der Waals surface area contributed by atoms with Gasteiger partial charge in [-0.3, -0.25) is 4.98 Å². The number of aromatic nitrogens is 1. The van der Waals surface area contributed by atoms with Crippen LogP contribution in [-0.2, 0) is 6.42 Å². The quantitative estimate of drug-likeness (QED) is 0.763. The summed E-state index contributed by atoms with van der Waals surface area (Å²) in [4.78, 5) is 4.26. The van der Waals surface area contributed by atoms with Crippen molar-refractivity contribution in [3.05, 3.63) is 62.3 Å². The summed E-state index contributed by atoms with van der Waals surface area (Å²) in [5, 5.41) is 3.04. The molecule has 0 fully saturated rings. The summed E-state index contributed by atoms with van der Waals surface area (Å²) in [7, 11) is 1.74. The second-order valence-electron chi connectivity index (χ2n) is 4.24. The summed E-state index contributed by atoms with van der Waals surface area (Å²) in [5.41, 5.74) is 0.755. The second-order valence-corrected chi connectivity index (χ2v) is 5.95. The van der Waals surface area contributed by atoms with Crippen LogP contribution in [0.25, 0.3) is 0 Å². The van der Waals surface area contributed by atoms with Crippen LogP contribution < -0.4 is 5.32 Å². The van der Waals surface area contributed by atoms with Gasteiger partial charge in [0.05, 0.1) is 16.2 Å². The molecule has 1 atom stereocenters. The Morgan fingerprint density at radius 2 is 1.95 bits per heavy atom. The van der Waals surface area contributed by atoms with Crippen molar-refractivity contribution >= 4 is 31.9 Å². The zero-order valence-electron chi connectivity index (χ0n) is 10.6. The zero-order valence-corrected chi connectivity index (χ0v) is 13.8. The van der Waals surface area contributed by atoms with Gasteiger partial charge in [-0.1, -0.05) is 0 Å². The monoisotopic (exact) mass is 404 g/mol. The molecule has 0 aliphatic carbocycles. The number of nitrogens with zero attached hydrogens (tertiary/aromatic N) is 1. The maximum atomic E-state index is 14.0. The van der Waals surface area contributed by atoms with Crippen LogP contribution in [0.3, 0.4) is 0 Å². The number of hydrogen-bond donors (Lipinski definition) is 1. The average Bonchev–Trinajstić information content (AvgIpc) is 2.45. The van der Waals surface area contributed by atoms with Gasteiger partial charge < -0.3 is 5.32 Å². The van der Waals surface area contributed by atoms with E-state index in [1.165, 1.54) is 12.1 Å². The van der Waals surface area contributed by atoms with E-state index in [9.17, 15) is 8.78 Å². The smallest absolute Gasteiger partial charge is 0.143 e. The molecule has 106 valence electrons. The molecule has 1 aromatic heterocycles. The van der Waals surface area contributed by atoms with Gasteiger partial charge in [-0.15, -0.1) is 0 Å². The van der Waals surface area contributed by atoms with Crippen LogP contribution in [0.2, 0.25) is 0 Å². The summed E-state index contributed by atoms with van der Waals surface area (Å²) in [5.74, 6) is -1.13. The molecule has 20 heavy (non-hydrogen) atoms. The predicted octanol–water partition coefficient (Wildman–Crippen LogP) is 4.39. The minimum atomic E-state index is -0.572. The van der Waals surface area contributed by atoms with Gasteiger partial charge in [-0.2, -0.15) is 0 Å². The number of likely N-dealkylation sites (N-methyl/N-ethyl adjacent to an activating group) is 1. The summed E-state index contributed by atoms with van der Waals surface area (Å²) in [6, 6.07) is 5.96. The highest BCUT2D eigenvalue weighted by molar-refractivity contribution is 9.10. The van der Waals surface area contributed by atoms with Gasteiger partial charge >= 0.3 is 0 Å². The topological polar surface area (TPSA) is 24.9 Å². The lowest BCUT2D eigenvalue weighted by Crippen LogP contribution is -2.21. The Bertz CT molecular complexity index is 620. The standard InChI is InChI=1S/C14H12Br2F2N2/c1-19-12(14-10(16)3-2-6-20-14)7-8-11(17)5-4-9(15)13(8)18/h2-6,12,19H,7H2,1H3.